The van der Waals surface area contributed by atoms with E-state index in [4.69, 9.17) is 16.3 Å². The van der Waals surface area contributed by atoms with E-state index in [0.29, 0.717) is 30.2 Å². The van der Waals surface area contributed by atoms with Crippen molar-refractivity contribution in [3.8, 4) is 0 Å². The first-order chi connectivity index (χ1) is 17.2. The number of ether oxygens (including phenoxy) is 1. The third kappa shape index (κ3) is 5.17. The summed E-state index contributed by atoms with van der Waals surface area (Å²) in [5, 5.41) is 3.74. The number of amides is 2. The lowest BCUT2D eigenvalue weighted by molar-refractivity contribution is -0.138. The lowest BCUT2D eigenvalue weighted by Gasteiger charge is -2.26. The SMILES string of the molecule is O=C1SC(=Cc2ccc3c(ccn3Cc3ccc(Cl)cc3C(F)(F)F)c2)C(=O)N1C[C@H]1COCCN1. The molecular weight excluding hydrogens is 515 g/mol. The van der Waals surface area contributed by atoms with Gasteiger partial charge in [0.1, 0.15) is 0 Å². The molecule has 36 heavy (non-hydrogen) atoms. The Hall–Kier alpha value is -2.79. The molecule has 188 valence electrons. The zero-order valence-corrected chi connectivity index (χ0v) is 20.4. The van der Waals surface area contributed by atoms with Crippen LogP contribution in [0, 0.1) is 0 Å². The second-order valence-electron chi connectivity index (χ2n) is 8.58. The van der Waals surface area contributed by atoms with Crippen LogP contribution in [0.1, 0.15) is 16.7 Å². The van der Waals surface area contributed by atoms with Crippen LogP contribution in [0.3, 0.4) is 0 Å². The number of benzene rings is 2. The van der Waals surface area contributed by atoms with Crippen LogP contribution in [0.5, 0.6) is 0 Å². The molecule has 3 heterocycles. The second-order valence-corrected chi connectivity index (χ2v) is 10.0. The van der Waals surface area contributed by atoms with Gasteiger partial charge in [-0.05, 0) is 59.3 Å². The summed E-state index contributed by atoms with van der Waals surface area (Å²) in [6, 6.07) is 10.9. The number of fused-ring (bicyclic) bond motifs is 1. The molecule has 2 aliphatic heterocycles. The number of hydrogen-bond acceptors (Lipinski definition) is 5. The van der Waals surface area contributed by atoms with Gasteiger partial charge in [-0.2, -0.15) is 13.2 Å². The van der Waals surface area contributed by atoms with Gasteiger partial charge >= 0.3 is 6.18 Å². The molecule has 5 rings (SSSR count). The lowest BCUT2D eigenvalue weighted by Crippen LogP contribution is -2.49. The quantitative estimate of drug-likeness (QED) is 0.444. The van der Waals surface area contributed by atoms with Gasteiger partial charge in [-0.25, -0.2) is 0 Å². The number of thioether (sulfide) groups is 1. The molecule has 1 aromatic heterocycles. The van der Waals surface area contributed by atoms with Crippen molar-refractivity contribution < 1.29 is 27.5 Å². The zero-order chi connectivity index (χ0) is 25.4. The molecule has 2 amide bonds. The van der Waals surface area contributed by atoms with Crippen molar-refractivity contribution in [2.75, 3.05) is 26.3 Å². The van der Waals surface area contributed by atoms with Gasteiger partial charge in [0, 0.05) is 47.8 Å². The molecule has 3 aromatic rings. The molecule has 2 fully saturated rings. The fraction of sp³-hybridized carbons (Fsp3) is 0.280. The third-order valence-corrected chi connectivity index (χ3v) is 7.23. The molecule has 6 nitrogen and oxygen atoms in total. The third-order valence-electron chi connectivity index (χ3n) is 6.09. The van der Waals surface area contributed by atoms with Gasteiger partial charge < -0.3 is 14.6 Å². The van der Waals surface area contributed by atoms with Crippen LogP contribution >= 0.6 is 23.4 Å². The highest BCUT2D eigenvalue weighted by Crippen LogP contribution is 2.35. The predicted octanol–water partition coefficient (Wildman–Crippen LogP) is 5.39. The zero-order valence-electron chi connectivity index (χ0n) is 18.8. The lowest BCUT2D eigenvalue weighted by atomic mass is 10.1. The molecule has 1 N–H and O–H groups in total. The smallest absolute Gasteiger partial charge is 0.378 e. The first-order valence-corrected chi connectivity index (χ1v) is 12.4. The highest BCUT2D eigenvalue weighted by molar-refractivity contribution is 8.18. The Bertz CT molecular complexity index is 1370. The molecule has 2 aliphatic rings. The maximum absolute atomic E-state index is 13.5. The summed E-state index contributed by atoms with van der Waals surface area (Å²) in [7, 11) is 0. The number of carbonyl (C=O) groups is 2. The molecule has 1 atom stereocenters. The molecule has 2 saturated heterocycles. The summed E-state index contributed by atoms with van der Waals surface area (Å²) in [6.07, 6.45) is -1.14. The van der Waals surface area contributed by atoms with E-state index >= 15 is 0 Å². The summed E-state index contributed by atoms with van der Waals surface area (Å²) >= 11 is 6.68. The number of halogens is 4. The average Bonchev–Trinajstić information content (AvgIpc) is 3.35. The fourth-order valence-electron chi connectivity index (χ4n) is 4.35. The number of hydrogen-bond donors (Lipinski definition) is 1. The van der Waals surface area contributed by atoms with E-state index < -0.39 is 11.7 Å². The Morgan fingerprint density at radius 1 is 1.17 bits per heavy atom. The van der Waals surface area contributed by atoms with Crippen LogP contribution in [0.15, 0.2) is 53.6 Å². The molecule has 0 unspecified atom stereocenters. The highest BCUT2D eigenvalue weighted by Gasteiger charge is 2.37. The molecule has 0 aliphatic carbocycles. The average molecular weight is 536 g/mol. The first-order valence-electron chi connectivity index (χ1n) is 11.2. The van der Waals surface area contributed by atoms with Crippen molar-refractivity contribution in [2.24, 2.45) is 0 Å². The minimum Gasteiger partial charge on any atom is -0.378 e. The van der Waals surface area contributed by atoms with Crippen molar-refractivity contribution in [1.82, 2.24) is 14.8 Å². The van der Waals surface area contributed by atoms with Gasteiger partial charge in [-0.15, -0.1) is 0 Å². The summed E-state index contributed by atoms with van der Waals surface area (Å²) in [5.41, 5.74) is 0.804. The van der Waals surface area contributed by atoms with Gasteiger partial charge in [0.2, 0.25) is 0 Å². The monoisotopic (exact) mass is 535 g/mol. The highest BCUT2D eigenvalue weighted by atomic mass is 35.5. The number of rotatable bonds is 5. The van der Waals surface area contributed by atoms with E-state index in [1.807, 2.05) is 6.07 Å². The summed E-state index contributed by atoms with van der Waals surface area (Å²) in [4.78, 5) is 26.8. The first kappa shape index (κ1) is 24.9. The van der Waals surface area contributed by atoms with Gasteiger partial charge in [0.05, 0.1) is 23.7 Å². The molecule has 0 saturated carbocycles. The molecular formula is C25H21ClF3N3O3S. The summed E-state index contributed by atoms with van der Waals surface area (Å²) in [5.74, 6) is -0.350. The maximum atomic E-state index is 13.5. The Labute approximate surface area is 214 Å². The Balaban J connectivity index is 1.36. The van der Waals surface area contributed by atoms with Crippen LogP contribution in [-0.4, -0.2) is 53.0 Å². The van der Waals surface area contributed by atoms with Crippen molar-refractivity contribution in [3.63, 3.8) is 0 Å². The molecule has 0 bridgehead atoms. The van der Waals surface area contributed by atoms with Crippen molar-refractivity contribution in [3.05, 3.63) is 75.3 Å². The van der Waals surface area contributed by atoms with Gasteiger partial charge in [-0.1, -0.05) is 23.7 Å². The minimum atomic E-state index is -4.51. The van der Waals surface area contributed by atoms with Crippen LogP contribution < -0.4 is 5.32 Å². The van der Waals surface area contributed by atoms with Crippen LogP contribution in [0.2, 0.25) is 5.02 Å². The molecule has 0 radical (unpaired) electrons. The largest absolute Gasteiger partial charge is 0.416 e. The van der Waals surface area contributed by atoms with E-state index in [9.17, 15) is 22.8 Å². The number of carbonyl (C=O) groups excluding carboxylic acids is 2. The Morgan fingerprint density at radius 3 is 2.75 bits per heavy atom. The van der Waals surface area contributed by atoms with Crippen LogP contribution in [0.25, 0.3) is 17.0 Å². The van der Waals surface area contributed by atoms with E-state index in [-0.39, 0.29) is 40.9 Å². The number of aromatic nitrogens is 1. The number of imide groups is 1. The molecule has 0 spiro atoms. The van der Waals surface area contributed by atoms with Crippen molar-refractivity contribution in [2.45, 2.75) is 18.8 Å². The second kappa shape index (κ2) is 9.93. The van der Waals surface area contributed by atoms with Gasteiger partial charge in [-0.3, -0.25) is 14.5 Å². The van der Waals surface area contributed by atoms with Crippen molar-refractivity contribution >= 4 is 51.5 Å². The van der Waals surface area contributed by atoms with E-state index in [1.54, 1.807) is 35.0 Å². The maximum Gasteiger partial charge on any atom is 0.416 e. The number of alkyl halides is 3. The van der Waals surface area contributed by atoms with Gasteiger partial charge in [0.25, 0.3) is 11.1 Å². The number of morpholine rings is 1. The summed E-state index contributed by atoms with van der Waals surface area (Å²) < 4.78 is 47.6. The Kier molecular flexibility index (Phi) is 6.86. The predicted molar refractivity (Wildman–Crippen MR) is 133 cm³/mol. The molecule has 11 heteroatoms. The number of nitrogens with one attached hydrogen (secondary N) is 1. The Morgan fingerprint density at radius 2 is 2.00 bits per heavy atom. The fourth-order valence-corrected chi connectivity index (χ4v) is 5.37. The number of nitrogens with zero attached hydrogens (tertiary/aromatic N) is 2. The summed E-state index contributed by atoms with van der Waals surface area (Å²) in [6.45, 7) is 1.98. The van der Waals surface area contributed by atoms with E-state index in [2.05, 4.69) is 5.32 Å². The minimum absolute atomic E-state index is 0.0205. The van der Waals surface area contributed by atoms with Crippen molar-refractivity contribution in [1.29, 1.82) is 0 Å². The standard InChI is InChI=1S/C25H21ClF3N3O3S/c26-18-3-2-17(20(11-18)25(27,28)29)12-31-7-5-16-9-15(1-4-21(16)31)10-22-23(33)32(24(34)36-22)13-19-14-35-8-6-30-19/h1-5,7,9-11,19,30H,6,8,12-14H2/t19-/m0/s1. The molecule has 2 aromatic carbocycles. The van der Waals surface area contributed by atoms with E-state index in [1.165, 1.54) is 17.0 Å². The topological polar surface area (TPSA) is 63.6 Å². The van der Waals surface area contributed by atoms with Crippen LogP contribution in [-0.2, 0) is 22.3 Å². The normalized spacial score (nSPS) is 20.2. The van der Waals surface area contributed by atoms with Gasteiger partial charge in [0.15, 0.2) is 0 Å². The van der Waals surface area contributed by atoms with E-state index in [0.717, 1.165) is 28.7 Å². The van der Waals surface area contributed by atoms with Crippen LogP contribution in [0.4, 0.5) is 18.0 Å².